The largest absolute Gasteiger partial charge is 0.369 e. The molecule has 0 saturated carbocycles. The fourth-order valence-electron chi connectivity index (χ4n) is 3.84. The molecule has 0 bridgehead atoms. The summed E-state index contributed by atoms with van der Waals surface area (Å²) in [5.74, 6) is 0. The lowest BCUT2D eigenvalue weighted by Crippen LogP contribution is -2.50. The molecule has 27 heavy (non-hydrogen) atoms. The summed E-state index contributed by atoms with van der Waals surface area (Å²) < 4.78 is 0. The third-order valence-corrected chi connectivity index (χ3v) is 5.43. The molecule has 0 spiro atoms. The van der Waals surface area contributed by atoms with Gasteiger partial charge >= 0.3 is 0 Å². The van der Waals surface area contributed by atoms with Crippen molar-refractivity contribution in [3.63, 3.8) is 0 Å². The van der Waals surface area contributed by atoms with Gasteiger partial charge in [0.1, 0.15) is 0 Å². The van der Waals surface area contributed by atoms with Crippen LogP contribution in [0.4, 0.5) is 5.69 Å². The van der Waals surface area contributed by atoms with E-state index in [-0.39, 0.29) is 18.4 Å². The third kappa shape index (κ3) is 4.77. The van der Waals surface area contributed by atoms with E-state index < -0.39 is 0 Å². The molecule has 0 radical (unpaired) electrons. The maximum atomic E-state index is 6.47. The second-order valence-corrected chi connectivity index (χ2v) is 7.53. The van der Waals surface area contributed by atoms with E-state index in [0.717, 1.165) is 44.2 Å². The molecule has 1 fully saturated rings. The highest BCUT2D eigenvalue weighted by Crippen LogP contribution is 2.21. The minimum absolute atomic E-state index is 0. The first-order chi connectivity index (χ1) is 12.7. The van der Waals surface area contributed by atoms with E-state index in [0.29, 0.717) is 0 Å². The number of anilines is 1. The monoisotopic (exact) mass is 404 g/mol. The molecular weight excluding hydrogens is 379 g/mol. The summed E-state index contributed by atoms with van der Waals surface area (Å²) in [6, 6.07) is 16.7. The van der Waals surface area contributed by atoms with Crippen LogP contribution in [-0.4, -0.2) is 48.6 Å². The van der Waals surface area contributed by atoms with Gasteiger partial charge in [0.25, 0.3) is 0 Å². The Hall–Kier alpha value is -1.72. The number of piperazine rings is 1. The Morgan fingerprint density at radius 3 is 2.59 bits per heavy atom. The van der Waals surface area contributed by atoms with Crippen molar-refractivity contribution in [2.45, 2.75) is 12.5 Å². The van der Waals surface area contributed by atoms with Crippen LogP contribution in [0.3, 0.4) is 0 Å². The van der Waals surface area contributed by atoms with E-state index >= 15 is 0 Å². The van der Waals surface area contributed by atoms with E-state index in [1.807, 2.05) is 18.2 Å². The molecule has 1 aliphatic rings. The maximum absolute atomic E-state index is 6.47. The molecule has 2 aromatic carbocycles. The Balaban J connectivity index is 0.00000210. The smallest absolute Gasteiger partial charge is 0.0456 e. The van der Waals surface area contributed by atoms with Crippen LogP contribution in [0.2, 0.25) is 5.02 Å². The highest BCUT2D eigenvalue weighted by molar-refractivity contribution is 6.30. The fourth-order valence-corrected chi connectivity index (χ4v) is 4.03. The second kappa shape index (κ2) is 8.98. The number of nitrogens with two attached hydrogens (primary N) is 1. The Kier molecular flexibility index (Phi) is 6.66. The molecule has 1 aliphatic heterocycles. The van der Waals surface area contributed by atoms with Gasteiger partial charge in [-0.2, -0.15) is 0 Å². The van der Waals surface area contributed by atoms with Gasteiger partial charge in [0.05, 0.1) is 0 Å². The molecule has 2 heterocycles. The van der Waals surface area contributed by atoms with Gasteiger partial charge in [-0.3, -0.25) is 4.90 Å². The summed E-state index contributed by atoms with van der Waals surface area (Å²) in [4.78, 5) is 8.21. The number of nitrogens with zero attached hydrogens (tertiary/aromatic N) is 2. The number of aromatic amines is 1. The van der Waals surface area contributed by atoms with Gasteiger partial charge in [0.2, 0.25) is 0 Å². The van der Waals surface area contributed by atoms with Gasteiger partial charge in [-0.25, -0.2) is 0 Å². The first kappa shape index (κ1) is 20.0. The van der Waals surface area contributed by atoms with Crippen molar-refractivity contribution in [1.29, 1.82) is 0 Å². The fraction of sp³-hybridized carbons (Fsp3) is 0.333. The number of halogens is 2. The van der Waals surface area contributed by atoms with Crippen LogP contribution < -0.4 is 10.6 Å². The van der Waals surface area contributed by atoms with Crippen LogP contribution in [0, 0.1) is 0 Å². The van der Waals surface area contributed by atoms with Crippen molar-refractivity contribution >= 4 is 40.6 Å². The molecule has 6 heteroatoms. The van der Waals surface area contributed by atoms with Crippen LogP contribution >= 0.6 is 24.0 Å². The number of aromatic nitrogens is 1. The lowest BCUT2D eigenvalue weighted by Gasteiger charge is -2.37. The number of hydrogen-bond donors (Lipinski definition) is 2. The van der Waals surface area contributed by atoms with Crippen LogP contribution in [0.1, 0.15) is 5.56 Å². The average Bonchev–Trinajstić information content (AvgIpc) is 3.05. The molecule has 4 rings (SSSR count). The summed E-state index contributed by atoms with van der Waals surface area (Å²) in [6.07, 6.45) is 3.00. The topological polar surface area (TPSA) is 48.3 Å². The van der Waals surface area contributed by atoms with Crippen molar-refractivity contribution in [2.75, 3.05) is 37.6 Å². The molecule has 1 unspecified atom stereocenters. The van der Waals surface area contributed by atoms with Crippen molar-refractivity contribution in [3.8, 4) is 0 Å². The summed E-state index contributed by atoms with van der Waals surface area (Å²) in [5.41, 5.74) is 10.2. The number of rotatable bonds is 5. The molecule has 144 valence electrons. The molecule has 0 amide bonds. The standard InChI is InChI=1S/C21H25ClN4.ClH/c22-17-4-3-5-19(13-17)26-10-8-25(9-11-26)15-18(23)12-16-14-24-21-7-2-1-6-20(16)21;/h1-7,13-14,18,24H,8-12,15,23H2;1H. The highest BCUT2D eigenvalue weighted by atomic mass is 35.5. The van der Waals surface area contributed by atoms with E-state index in [9.17, 15) is 0 Å². The predicted octanol–water partition coefficient (Wildman–Crippen LogP) is 3.94. The number of hydrogen-bond acceptors (Lipinski definition) is 3. The number of fused-ring (bicyclic) bond motifs is 1. The van der Waals surface area contributed by atoms with Crippen molar-refractivity contribution in [2.24, 2.45) is 5.73 Å². The molecule has 3 N–H and O–H groups in total. The molecule has 0 aliphatic carbocycles. The van der Waals surface area contributed by atoms with Crippen LogP contribution in [0.15, 0.2) is 54.7 Å². The Morgan fingerprint density at radius 1 is 1.04 bits per heavy atom. The highest BCUT2D eigenvalue weighted by Gasteiger charge is 2.19. The van der Waals surface area contributed by atoms with Gasteiger partial charge in [-0.15, -0.1) is 12.4 Å². The molecule has 4 nitrogen and oxygen atoms in total. The number of H-pyrrole nitrogens is 1. The zero-order valence-electron chi connectivity index (χ0n) is 15.3. The molecule has 1 atom stereocenters. The molecule has 1 saturated heterocycles. The quantitative estimate of drug-likeness (QED) is 0.676. The zero-order chi connectivity index (χ0) is 17.9. The minimum atomic E-state index is 0. The van der Waals surface area contributed by atoms with Crippen molar-refractivity contribution < 1.29 is 0 Å². The molecule has 3 aromatic rings. The summed E-state index contributed by atoms with van der Waals surface area (Å²) >= 11 is 6.11. The average molecular weight is 405 g/mol. The minimum Gasteiger partial charge on any atom is -0.369 e. The third-order valence-electron chi connectivity index (χ3n) is 5.20. The Bertz CT molecular complexity index is 871. The van der Waals surface area contributed by atoms with Crippen molar-refractivity contribution in [1.82, 2.24) is 9.88 Å². The number of benzene rings is 2. The van der Waals surface area contributed by atoms with Gasteiger partial charge in [0, 0.05) is 66.6 Å². The lowest BCUT2D eigenvalue weighted by molar-refractivity contribution is 0.242. The van der Waals surface area contributed by atoms with E-state index in [2.05, 4.69) is 51.3 Å². The molecule has 1 aromatic heterocycles. The number of nitrogens with one attached hydrogen (secondary N) is 1. The maximum Gasteiger partial charge on any atom is 0.0456 e. The lowest BCUT2D eigenvalue weighted by atomic mass is 10.0. The second-order valence-electron chi connectivity index (χ2n) is 7.09. The number of para-hydroxylation sites is 1. The summed E-state index contributed by atoms with van der Waals surface area (Å²) in [5, 5.41) is 2.08. The van der Waals surface area contributed by atoms with E-state index in [4.69, 9.17) is 17.3 Å². The SMILES string of the molecule is Cl.NC(Cc1c[nH]c2ccccc12)CN1CCN(c2cccc(Cl)c2)CC1. The van der Waals surface area contributed by atoms with Gasteiger partial charge in [-0.05, 0) is 36.2 Å². The van der Waals surface area contributed by atoms with Gasteiger partial charge < -0.3 is 15.6 Å². The Morgan fingerprint density at radius 2 is 1.81 bits per heavy atom. The van der Waals surface area contributed by atoms with Crippen LogP contribution in [0.5, 0.6) is 0 Å². The van der Waals surface area contributed by atoms with Crippen LogP contribution in [-0.2, 0) is 6.42 Å². The van der Waals surface area contributed by atoms with E-state index in [1.165, 1.54) is 22.2 Å². The van der Waals surface area contributed by atoms with Gasteiger partial charge in [-0.1, -0.05) is 35.9 Å². The first-order valence-corrected chi connectivity index (χ1v) is 9.60. The Labute approximate surface area is 171 Å². The summed E-state index contributed by atoms with van der Waals surface area (Å²) in [6.45, 7) is 5.03. The van der Waals surface area contributed by atoms with Crippen LogP contribution in [0.25, 0.3) is 10.9 Å². The summed E-state index contributed by atoms with van der Waals surface area (Å²) in [7, 11) is 0. The molecular formula is C21H26Cl2N4. The first-order valence-electron chi connectivity index (χ1n) is 9.22. The van der Waals surface area contributed by atoms with E-state index in [1.54, 1.807) is 0 Å². The van der Waals surface area contributed by atoms with Crippen molar-refractivity contribution in [3.05, 3.63) is 65.3 Å². The zero-order valence-corrected chi connectivity index (χ0v) is 16.8. The predicted molar refractivity (Wildman–Crippen MR) is 117 cm³/mol. The van der Waals surface area contributed by atoms with Gasteiger partial charge in [0.15, 0.2) is 0 Å². The normalized spacial score (nSPS) is 16.3.